The van der Waals surface area contributed by atoms with Crippen LogP contribution < -0.4 is 10.2 Å². The molecule has 35 heavy (non-hydrogen) atoms. The first kappa shape index (κ1) is 25.0. The number of rotatable bonds is 6. The van der Waals surface area contributed by atoms with Gasteiger partial charge in [0.05, 0.1) is 23.7 Å². The van der Waals surface area contributed by atoms with E-state index in [1.807, 2.05) is 24.9 Å². The number of nitrogens with one attached hydrogen (secondary N) is 1. The monoisotopic (exact) mass is 489 g/mol. The number of nitrogens with zero attached hydrogens (tertiary/aromatic N) is 4. The molecule has 188 valence electrons. The molecule has 3 heterocycles. The summed E-state index contributed by atoms with van der Waals surface area (Å²) in [6, 6.07) is 3.38. The number of benzene rings is 1. The standard InChI is InChI=1S/C25H30F3N5O2/c1-14-10-25(35-5,12-33(14)16(3)34)17-9-20-23(29-13-30-24(20)32(4)11-17)31-15(2)18-7-6-8-19(21(18)26)22(27)28/h6-9,13-15,22H,10-12H2,1-5H3,(H,29,30,31)/t14-,15+,25+/m0/s1. The first-order chi connectivity index (χ1) is 16.6. The molecule has 0 bridgehead atoms. The van der Waals surface area contributed by atoms with Gasteiger partial charge < -0.3 is 19.9 Å². The highest BCUT2D eigenvalue weighted by molar-refractivity contribution is 5.80. The van der Waals surface area contributed by atoms with Gasteiger partial charge in [-0.2, -0.15) is 0 Å². The van der Waals surface area contributed by atoms with Crippen molar-refractivity contribution in [3.63, 3.8) is 0 Å². The molecule has 2 aliphatic heterocycles. The predicted molar refractivity (Wildman–Crippen MR) is 128 cm³/mol. The van der Waals surface area contributed by atoms with E-state index in [9.17, 15) is 18.0 Å². The molecule has 0 unspecified atom stereocenters. The Bertz CT molecular complexity index is 1160. The normalized spacial score (nSPS) is 22.8. The molecule has 1 saturated heterocycles. The molecule has 2 aromatic rings. The summed E-state index contributed by atoms with van der Waals surface area (Å²) in [6.07, 6.45) is 1.13. The highest BCUT2D eigenvalue weighted by Crippen LogP contribution is 2.42. The Kier molecular flexibility index (Phi) is 6.77. The Hall–Kier alpha value is -3.14. The van der Waals surface area contributed by atoms with E-state index in [2.05, 4.69) is 15.3 Å². The van der Waals surface area contributed by atoms with E-state index in [1.54, 1.807) is 25.9 Å². The molecule has 2 aliphatic rings. The molecular weight excluding hydrogens is 459 g/mol. The third kappa shape index (κ3) is 4.47. The smallest absolute Gasteiger partial charge is 0.266 e. The third-order valence-electron chi connectivity index (χ3n) is 7.03. The fraction of sp³-hybridized carbons (Fsp3) is 0.480. The maximum absolute atomic E-state index is 14.8. The maximum Gasteiger partial charge on any atom is 0.266 e. The largest absolute Gasteiger partial charge is 0.372 e. The number of carbonyl (C=O) groups is 1. The van der Waals surface area contributed by atoms with E-state index in [0.717, 1.165) is 11.6 Å². The average molecular weight is 490 g/mol. The SMILES string of the molecule is CO[C@]1(C2=Cc3c(N[C@H](C)c4cccc(C(F)F)c4F)ncnc3N(C)C2)C[C@H](C)N(C(C)=O)C1. The molecule has 0 radical (unpaired) electrons. The van der Waals surface area contributed by atoms with Gasteiger partial charge in [-0.1, -0.05) is 18.2 Å². The van der Waals surface area contributed by atoms with Gasteiger partial charge in [0.25, 0.3) is 6.43 Å². The summed E-state index contributed by atoms with van der Waals surface area (Å²) in [5.41, 5.74) is 0.502. The number of methoxy groups -OCH3 is 1. The number of likely N-dealkylation sites (N-methyl/N-ethyl adjacent to an activating group) is 1. The van der Waals surface area contributed by atoms with Crippen LogP contribution in [0, 0.1) is 5.82 Å². The lowest BCUT2D eigenvalue weighted by Crippen LogP contribution is -2.43. The Morgan fingerprint density at radius 3 is 2.63 bits per heavy atom. The minimum absolute atomic E-state index is 0.00541. The minimum atomic E-state index is -2.90. The van der Waals surface area contributed by atoms with Crippen molar-refractivity contribution in [3.05, 3.63) is 52.6 Å². The van der Waals surface area contributed by atoms with E-state index in [-0.39, 0.29) is 17.5 Å². The zero-order valence-corrected chi connectivity index (χ0v) is 20.5. The Balaban J connectivity index is 1.71. The Morgan fingerprint density at radius 1 is 1.29 bits per heavy atom. The number of halogens is 3. The summed E-state index contributed by atoms with van der Waals surface area (Å²) in [4.78, 5) is 24.7. The topological polar surface area (TPSA) is 70.6 Å². The number of hydrogen-bond donors (Lipinski definition) is 1. The van der Waals surface area contributed by atoms with Crippen molar-refractivity contribution in [1.29, 1.82) is 0 Å². The van der Waals surface area contributed by atoms with Crippen molar-refractivity contribution in [3.8, 4) is 0 Å². The summed E-state index contributed by atoms with van der Waals surface area (Å²) in [7, 11) is 3.55. The van der Waals surface area contributed by atoms with Crippen molar-refractivity contribution >= 4 is 23.6 Å². The van der Waals surface area contributed by atoms with Crippen molar-refractivity contribution < 1.29 is 22.7 Å². The average Bonchev–Trinajstić information content (AvgIpc) is 3.17. The van der Waals surface area contributed by atoms with Gasteiger partial charge in [-0.05, 0) is 25.5 Å². The second-order valence-electron chi connectivity index (χ2n) is 9.30. The maximum atomic E-state index is 14.8. The second-order valence-corrected chi connectivity index (χ2v) is 9.30. The van der Waals surface area contributed by atoms with Gasteiger partial charge in [-0.25, -0.2) is 23.1 Å². The van der Waals surface area contributed by atoms with Crippen LogP contribution in [0.1, 0.15) is 56.3 Å². The molecule has 1 aromatic heterocycles. The fourth-order valence-corrected chi connectivity index (χ4v) is 5.13. The van der Waals surface area contributed by atoms with Crippen molar-refractivity contribution in [2.24, 2.45) is 0 Å². The van der Waals surface area contributed by atoms with Gasteiger partial charge in [0.2, 0.25) is 5.91 Å². The van der Waals surface area contributed by atoms with Crippen LogP contribution in [0.4, 0.5) is 24.8 Å². The first-order valence-corrected chi connectivity index (χ1v) is 11.5. The lowest BCUT2D eigenvalue weighted by molar-refractivity contribution is -0.130. The summed E-state index contributed by atoms with van der Waals surface area (Å²) in [5.74, 6) is 0.200. The quantitative estimate of drug-likeness (QED) is 0.640. The van der Waals surface area contributed by atoms with Crippen LogP contribution in [0.15, 0.2) is 30.1 Å². The second kappa shape index (κ2) is 9.49. The van der Waals surface area contributed by atoms with Crippen molar-refractivity contribution in [1.82, 2.24) is 14.9 Å². The molecule has 0 spiro atoms. The van der Waals surface area contributed by atoms with Crippen molar-refractivity contribution in [2.45, 2.75) is 51.3 Å². The van der Waals surface area contributed by atoms with E-state index in [0.29, 0.717) is 36.7 Å². The highest BCUT2D eigenvalue weighted by atomic mass is 19.3. The van der Waals surface area contributed by atoms with Gasteiger partial charge in [0.15, 0.2) is 0 Å². The number of hydrogen-bond acceptors (Lipinski definition) is 6. The van der Waals surface area contributed by atoms with Crippen LogP contribution in [-0.4, -0.2) is 59.7 Å². The number of amides is 1. The molecule has 4 rings (SSSR count). The third-order valence-corrected chi connectivity index (χ3v) is 7.03. The summed E-state index contributed by atoms with van der Waals surface area (Å²) >= 11 is 0. The summed E-state index contributed by atoms with van der Waals surface area (Å²) in [6.45, 7) is 6.24. The number of carbonyl (C=O) groups excluding carboxylic acids is 1. The highest BCUT2D eigenvalue weighted by Gasteiger charge is 2.47. The van der Waals surface area contributed by atoms with E-state index < -0.39 is 29.4 Å². The molecule has 3 atom stereocenters. The van der Waals surface area contributed by atoms with Crippen LogP contribution in [0.2, 0.25) is 0 Å². The minimum Gasteiger partial charge on any atom is -0.372 e. The van der Waals surface area contributed by atoms with Gasteiger partial charge in [-0.3, -0.25) is 4.79 Å². The Labute approximate surface area is 203 Å². The zero-order valence-electron chi connectivity index (χ0n) is 20.5. The van der Waals surface area contributed by atoms with E-state index in [4.69, 9.17) is 4.74 Å². The number of anilines is 2. The van der Waals surface area contributed by atoms with Crippen LogP contribution in [-0.2, 0) is 9.53 Å². The number of alkyl halides is 2. The van der Waals surface area contributed by atoms with E-state index in [1.165, 1.54) is 18.5 Å². The zero-order chi connectivity index (χ0) is 25.5. The van der Waals surface area contributed by atoms with Gasteiger partial charge in [0.1, 0.15) is 29.4 Å². The predicted octanol–water partition coefficient (Wildman–Crippen LogP) is 4.59. The Morgan fingerprint density at radius 2 is 2.00 bits per heavy atom. The summed E-state index contributed by atoms with van der Waals surface area (Å²) in [5, 5.41) is 3.18. The molecule has 1 aromatic carbocycles. The van der Waals surface area contributed by atoms with Crippen LogP contribution in [0.25, 0.3) is 6.08 Å². The van der Waals surface area contributed by atoms with Gasteiger partial charge >= 0.3 is 0 Å². The number of aromatic nitrogens is 2. The molecule has 7 nitrogen and oxygen atoms in total. The fourth-order valence-electron chi connectivity index (χ4n) is 5.13. The van der Waals surface area contributed by atoms with Gasteiger partial charge in [0, 0.05) is 45.7 Å². The molecule has 0 aliphatic carbocycles. The number of likely N-dealkylation sites (tertiary alicyclic amines) is 1. The number of ether oxygens (including phenoxy) is 1. The molecule has 1 fully saturated rings. The molecule has 0 saturated carbocycles. The lowest BCUT2D eigenvalue weighted by atomic mass is 9.87. The van der Waals surface area contributed by atoms with Crippen LogP contribution >= 0.6 is 0 Å². The molecule has 1 N–H and O–H groups in total. The van der Waals surface area contributed by atoms with Crippen LogP contribution in [0.5, 0.6) is 0 Å². The van der Waals surface area contributed by atoms with Gasteiger partial charge in [-0.15, -0.1) is 0 Å². The number of fused-ring (bicyclic) bond motifs is 1. The first-order valence-electron chi connectivity index (χ1n) is 11.5. The summed E-state index contributed by atoms with van der Waals surface area (Å²) < 4.78 is 47.2. The van der Waals surface area contributed by atoms with E-state index >= 15 is 0 Å². The molecule has 1 amide bonds. The van der Waals surface area contributed by atoms with Crippen LogP contribution in [0.3, 0.4) is 0 Å². The lowest BCUT2D eigenvalue weighted by Gasteiger charge is -2.37. The molecule has 10 heteroatoms. The van der Waals surface area contributed by atoms with Crippen molar-refractivity contribution in [2.75, 3.05) is 37.5 Å². The molecular formula is C25H30F3N5O2.